The van der Waals surface area contributed by atoms with Gasteiger partial charge in [-0.1, -0.05) is 6.42 Å². The van der Waals surface area contributed by atoms with E-state index in [9.17, 15) is 0 Å². The lowest BCUT2D eigenvalue weighted by Gasteiger charge is -2.20. The van der Waals surface area contributed by atoms with E-state index in [1.807, 2.05) is 13.8 Å². The first-order chi connectivity index (χ1) is 11.5. The number of rotatable bonds is 1. The summed E-state index contributed by atoms with van der Waals surface area (Å²) in [6.07, 6.45) is 6.32. The Hall–Kier alpha value is -2.36. The SMILES string of the molecule is Cc1cc2nc3cc(C)c(N)cc3[n+](C3CCCCC3)c2cc1N. The van der Waals surface area contributed by atoms with Gasteiger partial charge in [0.1, 0.15) is 11.0 Å². The molecule has 0 unspecified atom stereocenters. The van der Waals surface area contributed by atoms with Crippen LogP contribution in [0.3, 0.4) is 0 Å². The second-order valence-electron chi connectivity index (χ2n) is 7.17. The van der Waals surface area contributed by atoms with E-state index in [0.29, 0.717) is 6.04 Å². The summed E-state index contributed by atoms with van der Waals surface area (Å²) in [6.45, 7) is 4.08. The number of benzene rings is 2. The molecule has 0 amide bonds. The number of nitrogen functional groups attached to an aromatic ring is 2. The fourth-order valence-corrected chi connectivity index (χ4v) is 3.95. The van der Waals surface area contributed by atoms with Crippen molar-refractivity contribution >= 4 is 33.4 Å². The van der Waals surface area contributed by atoms with Crippen molar-refractivity contribution in [2.24, 2.45) is 0 Å². The minimum absolute atomic E-state index is 0.496. The Morgan fingerprint density at radius 1 is 0.833 bits per heavy atom. The number of aromatic nitrogens is 2. The first kappa shape index (κ1) is 15.2. The van der Waals surface area contributed by atoms with Gasteiger partial charge in [-0.05, 0) is 49.9 Å². The number of nitrogens with zero attached hydrogens (tertiary/aromatic N) is 2. The van der Waals surface area contributed by atoms with Crippen LogP contribution in [0.5, 0.6) is 0 Å². The van der Waals surface area contributed by atoms with Crippen LogP contribution in [-0.4, -0.2) is 4.98 Å². The molecule has 24 heavy (non-hydrogen) atoms. The molecule has 0 radical (unpaired) electrons. The van der Waals surface area contributed by atoms with E-state index >= 15 is 0 Å². The van der Waals surface area contributed by atoms with Crippen molar-refractivity contribution in [3.63, 3.8) is 0 Å². The van der Waals surface area contributed by atoms with Gasteiger partial charge < -0.3 is 11.5 Å². The van der Waals surface area contributed by atoms with E-state index in [2.05, 4.69) is 28.8 Å². The summed E-state index contributed by atoms with van der Waals surface area (Å²) in [5.41, 5.74) is 20.5. The van der Waals surface area contributed by atoms with E-state index in [-0.39, 0.29) is 0 Å². The first-order valence-electron chi connectivity index (χ1n) is 8.86. The summed E-state index contributed by atoms with van der Waals surface area (Å²) in [7, 11) is 0. The van der Waals surface area contributed by atoms with Crippen LogP contribution in [0.1, 0.15) is 49.3 Å². The molecular weight excluding hydrogens is 296 g/mol. The van der Waals surface area contributed by atoms with Crippen molar-refractivity contribution < 1.29 is 4.57 Å². The molecule has 0 bridgehead atoms. The molecular formula is C20H25N4+. The molecule has 4 N–H and O–H groups in total. The van der Waals surface area contributed by atoms with Gasteiger partial charge in [-0.2, -0.15) is 4.57 Å². The zero-order valence-corrected chi connectivity index (χ0v) is 14.5. The molecule has 2 aromatic carbocycles. The van der Waals surface area contributed by atoms with Gasteiger partial charge in [0.05, 0.1) is 0 Å². The molecule has 1 aromatic heterocycles. The van der Waals surface area contributed by atoms with Crippen molar-refractivity contribution in [2.45, 2.75) is 52.0 Å². The molecule has 4 nitrogen and oxygen atoms in total. The van der Waals surface area contributed by atoms with E-state index in [0.717, 1.165) is 44.6 Å². The van der Waals surface area contributed by atoms with E-state index < -0.39 is 0 Å². The fourth-order valence-electron chi connectivity index (χ4n) is 3.95. The highest BCUT2D eigenvalue weighted by molar-refractivity contribution is 5.86. The third-order valence-corrected chi connectivity index (χ3v) is 5.43. The minimum atomic E-state index is 0.496. The molecule has 1 heterocycles. The van der Waals surface area contributed by atoms with Crippen LogP contribution >= 0.6 is 0 Å². The van der Waals surface area contributed by atoms with E-state index in [1.165, 1.54) is 32.1 Å². The first-order valence-corrected chi connectivity index (χ1v) is 8.86. The number of nitrogens with two attached hydrogens (primary N) is 2. The summed E-state index contributed by atoms with van der Waals surface area (Å²) < 4.78 is 2.45. The van der Waals surface area contributed by atoms with Crippen molar-refractivity contribution in [1.82, 2.24) is 4.98 Å². The lowest BCUT2D eigenvalue weighted by atomic mass is 9.94. The van der Waals surface area contributed by atoms with Crippen molar-refractivity contribution in [2.75, 3.05) is 11.5 Å². The van der Waals surface area contributed by atoms with Gasteiger partial charge in [0, 0.05) is 36.3 Å². The van der Waals surface area contributed by atoms with Crippen molar-refractivity contribution in [1.29, 1.82) is 0 Å². The number of aryl methyl sites for hydroxylation is 2. The number of fused-ring (bicyclic) bond motifs is 2. The maximum atomic E-state index is 6.22. The predicted molar refractivity (Wildman–Crippen MR) is 99.9 cm³/mol. The molecule has 1 saturated carbocycles. The standard InChI is InChI=1S/C20H24N4/c1-12-8-17-19(10-15(12)21)24(14-6-4-3-5-7-14)20-11-16(22)13(2)9-18(20)23-17/h8-11,14H,3-7H2,1-2H3,(H3,21,22)/p+1. The average molecular weight is 321 g/mol. The van der Waals surface area contributed by atoms with Crippen LogP contribution in [0.25, 0.3) is 22.1 Å². The zero-order chi connectivity index (χ0) is 16.8. The zero-order valence-electron chi connectivity index (χ0n) is 14.5. The van der Waals surface area contributed by atoms with Gasteiger partial charge in [0.15, 0.2) is 6.04 Å². The van der Waals surface area contributed by atoms with Crippen LogP contribution in [0, 0.1) is 13.8 Å². The van der Waals surface area contributed by atoms with E-state index in [4.69, 9.17) is 16.5 Å². The molecule has 1 aliphatic carbocycles. The topological polar surface area (TPSA) is 68.8 Å². The third-order valence-electron chi connectivity index (χ3n) is 5.43. The monoisotopic (exact) mass is 321 g/mol. The quantitative estimate of drug-likeness (QED) is 0.405. The molecule has 0 spiro atoms. The van der Waals surface area contributed by atoms with Gasteiger partial charge in [0.25, 0.3) is 0 Å². The van der Waals surface area contributed by atoms with Crippen LogP contribution in [-0.2, 0) is 0 Å². The van der Waals surface area contributed by atoms with Gasteiger partial charge >= 0.3 is 0 Å². The molecule has 4 rings (SSSR count). The molecule has 0 aliphatic heterocycles. The summed E-state index contributed by atoms with van der Waals surface area (Å²) in [6, 6.07) is 8.88. The summed E-state index contributed by atoms with van der Waals surface area (Å²) >= 11 is 0. The Kier molecular flexibility index (Phi) is 3.56. The Balaban J connectivity index is 2.11. The van der Waals surface area contributed by atoms with Gasteiger partial charge in [-0.3, -0.25) is 0 Å². The largest absolute Gasteiger partial charge is 0.398 e. The smallest absolute Gasteiger partial charge is 0.233 e. The normalized spacial score (nSPS) is 16.1. The average Bonchev–Trinajstić information content (AvgIpc) is 2.57. The molecule has 4 heteroatoms. The molecule has 1 aliphatic rings. The van der Waals surface area contributed by atoms with Crippen molar-refractivity contribution in [3.8, 4) is 0 Å². The Labute approximate surface area is 142 Å². The van der Waals surface area contributed by atoms with Gasteiger partial charge in [-0.15, -0.1) is 0 Å². The maximum Gasteiger partial charge on any atom is 0.233 e. The van der Waals surface area contributed by atoms with E-state index in [1.54, 1.807) is 0 Å². The van der Waals surface area contributed by atoms with Crippen molar-refractivity contribution in [3.05, 3.63) is 35.4 Å². The minimum Gasteiger partial charge on any atom is -0.398 e. The third kappa shape index (κ3) is 2.37. The Bertz CT molecular complexity index is 874. The molecule has 0 atom stereocenters. The van der Waals surface area contributed by atoms with Crippen LogP contribution < -0.4 is 16.0 Å². The number of hydrogen-bond acceptors (Lipinski definition) is 3. The Morgan fingerprint density at radius 2 is 1.33 bits per heavy atom. The lowest BCUT2D eigenvalue weighted by Crippen LogP contribution is -2.42. The lowest BCUT2D eigenvalue weighted by molar-refractivity contribution is -0.677. The van der Waals surface area contributed by atoms with Gasteiger partial charge in [0.2, 0.25) is 11.0 Å². The second kappa shape index (κ2) is 5.62. The summed E-state index contributed by atoms with van der Waals surface area (Å²) in [5, 5.41) is 0. The predicted octanol–water partition coefficient (Wildman–Crippen LogP) is 3.96. The van der Waals surface area contributed by atoms with Crippen LogP contribution in [0.4, 0.5) is 11.4 Å². The fraction of sp³-hybridized carbons (Fsp3) is 0.400. The Morgan fingerprint density at radius 3 is 1.83 bits per heavy atom. The molecule has 3 aromatic rings. The number of anilines is 2. The molecule has 0 saturated heterocycles. The summed E-state index contributed by atoms with van der Waals surface area (Å²) in [5.74, 6) is 0. The number of hydrogen-bond donors (Lipinski definition) is 2. The second-order valence-corrected chi connectivity index (χ2v) is 7.17. The highest BCUT2D eigenvalue weighted by atomic mass is 15.0. The van der Waals surface area contributed by atoms with Crippen LogP contribution in [0.15, 0.2) is 24.3 Å². The summed E-state index contributed by atoms with van der Waals surface area (Å²) in [4.78, 5) is 4.91. The molecule has 124 valence electrons. The highest BCUT2D eigenvalue weighted by Crippen LogP contribution is 2.30. The highest BCUT2D eigenvalue weighted by Gasteiger charge is 2.28. The molecule has 1 fully saturated rings. The van der Waals surface area contributed by atoms with Gasteiger partial charge in [-0.25, -0.2) is 4.98 Å². The van der Waals surface area contributed by atoms with Crippen LogP contribution in [0.2, 0.25) is 0 Å². The maximum absolute atomic E-state index is 6.22.